The number of ether oxygens (including phenoxy) is 3. The molecular formula is C21H23N3O4S. The minimum absolute atomic E-state index is 0.203. The third-order valence-corrected chi connectivity index (χ3v) is 5.14. The van der Waals surface area contributed by atoms with Gasteiger partial charge in [0.15, 0.2) is 5.16 Å². The Balaban J connectivity index is 2.19. The van der Waals surface area contributed by atoms with Crippen LogP contribution in [0.3, 0.4) is 0 Å². The summed E-state index contributed by atoms with van der Waals surface area (Å²) in [6.07, 6.45) is 1.75. The van der Waals surface area contributed by atoms with Gasteiger partial charge in [-0.2, -0.15) is 9.97 Å². The Kier molecular flexibility index (Phi) is 6.87. The molecule has 0 radical (unpaired) electrons. The fraction of sp³-hybridized carbons (Fsp3) is 0.333. The van der Waals surface area contributed by atoms with Crippen molar-refractivity contribution in [2.45, 2.75) is 24.9 Å². The van der Waals surface area contributed by atoms with Gasteiger partial charge in [0.1, 0.15) is 5.92 Å². The number of carbonyl (C=O) groups excluding carboxylic acids is 1. The van der Waals surface area contributed by atoms with Gasteiger partial charge in [-0.1, -0.05) is 48.2 Å². The van der Waals surface area contributed by atoms with Crippen LogP contribution in [0.5, 0.6) is 11.8 Å². The molecule has 7 nitrogen and oxygen atoms in total. The highest BCUT2D eigenvalue weighted by Gasteiger charge is 2.45. The van der Waals surface area contributed by atoms with E-state index >= 15 is 0 Å². The molecule has 0 fully saturated rings. The van der Waals surface area contributed by atoms with Crippen LogP contribution in [-0.2, 0) is 9.53 Å². The predicted molar refractivity (Wildman–Crippen MR) is 111 cm³/mol. The monoisotopic (exact) mass is 413 g/mol. The van der Waals surface area contributed by atoms with Crippen LogP contribution >= 0.6 is 11.8 Å². The Hall–Kier alpha value is -2.87. The number of hydrogen-bond donors (Lipinski definition) is 1. The molecular weight excluding hydrogens is 390 g/mol. The topological polar surface area (TPSA) is 94.4 Å². The highest BCUT2D eigenvalue weighted by molar-refractivity contribution is 7.99. The van der Waals surface area contributed by atoms with Gasteiger partial charge in [0, 0.05) is 11.7 Å². The first-order chi connectivity index (χ1) is 14.1. The van der Waals surface area contributed by atoms with E-state index in [0.29, 0.717) is 29.0 Å². The molecule has 1 aromatic heterocycles. The molecule has 0 saturated carbocycles. The summed E-state index contributed by atoms with van der Waals surface area (Å²) < 4.78 is 16.7. The average Bonchev–Trinajstić information content (AvgIpc) is 2.72. The zero-order valence-corrected chi connectivity index (χ0v) is 17.2. The SMILES string of the molecule is C=CCSc1nc(OCC)c2c(n1)OC(=N)C(C(=O)OCC)C2c1ccccc1. The number of fused-ring (bicyclic) bond motifs is 1. The fourth-order valence-electron chi connectivity index (χ4n) is 3.18. The number of hydrogen-bond acceptors (Lipinski definition) is 8. The Morgan fingerprint density at radius 1 is 1.28 bits per heavy atom. The molecule has 0 bridgehead atoms. The van der Waals surface area contributed by atoms with Gasteiger partial charge in [0.25, 0.3) is 0 Å². The van der Waals surface area contributed by atoms with Gasteiger partial charge < -0.3 is 14.2 Å². The van der Waals surface area contributed by atoms with E-state index in [9.17, 15) is 4.79 Å². The van der Waals surface area contributed by atoms with Crippen molar-refractivity contribution >= 4 is 23.6 Å². The van der Waals surface area contributed by atoms with Gasteiger partial charge in [-0.25, -0.2) is 0 Å². The van der Waals surface area contributed by atoms with Crippen LogP contribution in [0.4, 0.5) is 0 Å². The quantitative estimate of drug-likeness (QED) is 0.304. The van der Waals surface area contributed by atoms with E-state index < -0.39 is 17.8 Å². The minimum Gasteiger partial charge on any atom is -0.478 e. The summed E-state index contributed by atoms with van der Waals surface area (Å²) in [5.41, 5.74) is 1.38. The number of benzene rings is 1. The second-order valence-electron chi connectivity index (χ2n) is 6.15. The largest absolute Gasteiger partial charge is 0.478 e. The molecule has 8 heteroatoms. The fourth-order valence-corrected chi connectivity index (χ4v) is 3.74. The molecule has 1 aliphatic rings. The van der Waals surface area contributed by atoms with Crippen molar-refractivity contribution in [2.75, 3.05) is 19.0 Å². The summed E-state index contributed by atoms with van der Waals surface area (Å²) >= 11 is 1.38. The first kappa shape index (κ1) is 20.9. The van der Waals surface area contributed by atoms with E-state index in [-0.39, 0.29) is 18.4 Å². The molecule has 2 atom stereocenters. The lowest BCUT2D eigenvalue weighted by Gasteiger charge is -2.32. The smallest absolute Gasteiger partial charge is 0.319 e. The summed E-state index contributed by atoms with van der Waals surface area (Å²) in [5.74, 6) is -1.02. The zero-order valence-electron chi connectivity index (χ0n) is 16.4. The Labute approximate surface area is 174 Å². The van der Waals surface area contributed by atoms with Gasteiger partial charge in [-0.05, 0) is 19.4 Å². The third kappa shape index (κ3) is 4.42. The van der Waals surface area contributed by atoms with Crippen molar-refractivity contribution in [1.29, 1.82) is 5.41 Å². The average molecular weight is 413 g/mol. The summed E-state index contributed by atoms with van der Waals surface area (Å²) in [6, 6.07) is 9.45. The molecule has 1 aliphatic heterocycles. The first-order valence-electron chi connectivity index (χ1n) is 9.36. The van der Waals surface area contributed by atoms with Gasteiger partial charge in [0.2, 0.25) is 17.7 Å². The van der Waals surface area contributed by atoms with Crippen LogP contribution in [0.15, 0.2) is 48.1 Å². The highest BCUT2D eigenvalue weighted by Crippen LogP contribution is 2.46. The molecule has 2 heterocycles. The number of thioether (sulfide) groups is 1. The first-order valence-corrected chi connectivity index (χ1v) is 10.4. The van der Waals surface area contributed by atoms with E-state index in [0.717, 1.165) is 5.56 Å². The second kappa shape index (κ2) is 9.56. The van der Waals surface area contributed by atoms with Crippen molar-refractivity contribution in [1.82, 2.24) is 9.97 Å². The van der Waals surface area contributed by atoms with Crippen LogP contribution in [-0.4, -0.2) is 40.8 Å². The molecule has 1 aromatic carbocycles. The van der Waals surface area contributed by atoms with Crippen molar-refractivity contribution in [2.24, 2.45) is 5.92 Å². The standard InChI is InChI=1S/C21H23N3O4S/c1-4-12-29-21-23-18(26-5-2)16-14(13-10-8-7-9-11-13)15(20(25)27-6-3)17(22)28-19(16)24-21/h4,7-11,14-15,22H,1,5-6,12H2,2-3H3. The lowest BCUT2D eigenvalue weighted by Crippen LogP contribution is -2.39. The number of rotatable bonds is 8. The molecule has 0 aliphatic carbocycles. The summed E-state index contributed by atoms with van der Waals surface area (Å²) in [7, 11) is 0. The molecule has 0 saturated heterocycles. The molecule has 3 rings (SSSR count). The maximum Gasteiger partial charge on any atom is 0.319 e. The normalized spacial score (nSPS) is 17.8. The van der Waals surface area contributed by atoms with Gasteiger partial charge in [0.05, 0.1) is 18.8 Å². The molecule has 29 heavy (non-hydrogen) atoms. The van der Waals surface area contributed by atoms with Crippen LogP contribution in [0.25, 0.3) is 0 Å². The van der Waals surface area contributed by atoms with Gasteiger partial charge in [-0.3, -0.25) is 10.2 Å². The minimum atomic E-state index is -0.945. The van der Waals surface area contributed by atoms with Crippen molar-refractivity contribution in [3.05, 3.63) is 54.1 Å². The number of nitrogens with zero attached hydrogens (tertiary/aromatic N) is 2. The lowest BCUT2D eigenvalue weighted by atomic mass is 9.79. The molecule has 1 N–H and O–H groups in total. The Bertz CT molecular complexity index is 904. The third-order valence-electron chi connectivity index (χ3n) is 4.30. The van der Waals surface area contributed by atoms with Gasteiger partial charge in [-0.15, -0.1) is 6.58 Å². The molecule has 0 amide bonds. The van der Waals surface area contributed by atoms with Gasteiger partial charge >= 0.3 is 5.97 Å². The lowest BCUT2D eigenvalue weighted by molar-refractivity contribution is -0.146. The van der Waals surface area contributed by atoms with Crippen LogP contribution in [0, 0.1) is 11.3 Å². The van der Waals surface area contributed by atoms with E-state index in [1.165, 1.54) is 11.8 Å². The maximum absolute atomic E-state index is 12.7. The molecule has 0 spiro atoms. The number of carbonyl (C=O) groups is 1. The predicted octanol–water partition coefficient (Wildman–Crippen LogP) is 3.83. The molecule has 152 valence electrons. The molecule has 2 unspecified atom stereocenters. The van der Waals surface area contributed by atoms with E-state index in [4.69, 9.17) is 19.6 Å². The van der Waals surface area contributed by atoms with Crippen LogP contribution in [0.1, 0.15) is 30.9 Å². The number of nitrogens with one attached hydrogen (secondary N) is 1. The van der Waals surface area contributed by atoms with Crippen molar-refractivity contribution in [3.63, 3.8) is 0 Å². The Morgan fingerprint density at radius 2 is 2.03 bits per heavy atom. The summed E-state index contributed by atoms with van der Waals surface area (Å²) in [5, 5.41) is 8.86. The zero-order chi connectivity index (χ0) is 20.8. The Morgan fingerprint density at radius 3 is 2.69 bits per heavy atom. The van der Waals surface area contributed by atoms with Crippen molar-refractivity contribution in [3.8, 4) is 11.8 Å². The maximum atomic E-state index is 12.7. The number of esters is 1. The van der Waals surface area contributed by atoms with Crippen LogP contribution < -0.4 is 9.47 Å². The second-order valence-corrected chi connectivity index (χ2v) is 7.13. The van der Waals surface area contributed by atoms with E-state index in [1.807, 2.05) is 37.3 Å². The summed E-state index contributed by atoms with van der Waals surface area (Å²) in [4.78, 5) is 21.7. The highest BCUT2D eigenvalue weighted by atomic mass is 32.2. The van der Waals surface area contributed by atoms with Crippen molar-refractivity contribution < 1.29 is 19.0 Å². The van der Waals surface area contributed by atoms with Crippen LogP contribution in [0.2, 0.25) is 0 Å². The summed E-state index contributed by atoms with van der Waals surface area (Å²) in [6.45, 7) is 7.90. The van der Waals surface area contributed by atoms with E-state index in [1.54, 1.807) is 13.0 Å². The molecule has 2 aromatic rings. The number of aromatic nitrogens is 2. The van der Waals surface area contributed by atoms with E-state index in [2.05, 4.69) is 16.5 Å².